The topological polar surface area (TPSA) is 80.7 Å². The van der Waals surface area contributed by atoms with Crippen LogP contribution < -0.4 is 4.74 Å². The van der Waals surface area contributed by atoms with E-state index in [9.17, 15) is 13.2 Å². The summed E-state index contributed by atoms with van der Waals surface area (Å²) in [7, 11) is -4.79. The molecule has 0 spiro atoms. The molecule has 0 bridgehead atoms. The van der Waals surface area contributed by atoms with Crippen LogP contribution in [0.15, 0.2) is 24.3 Å². The molecule has 0 aromatic heterocycles. The van der Waals surface area contributed by atoms with E-state index in [1.165, 1.54) is 12.1 Å². The van der Waals surface area contributed by atoms with Gasteiger partial charge >= 0.3 is 15.4 Å². The van der Waals surface area contributed by atoms with Crippen LogP contribution in [-0.2, 0) is 10.1 Å². The van der Waals surface area contributed by atoms with Gasteiger partial charge in [-0.1, -0.05) is 26.0 Å². The minimum Gasteiger partial charge on any atom is -0.413 e. The highest BCUT2D eigenvalue weighted by atomic mass is 32.2. The molecule has 0 aliphatic heterocycles. The molecule has 1 N–H and O–H groups in total. The molecule has 0 aliphatic rings. The molecule has 94 valence electrons. The molecule has 0 fully saturated rings. The summed E-state index contributed by atoms with van der Waals surface area (Å²) in [5.41, 5.74) is 1.07. The van der Waals surface area contributed by atoms with Crippen molar-refractivity contribution in [3.63, 3.8) is 0 Å². The van der Waals surface area contributed by atoms with Crippen molar-refractivity contribution in [1.82, 2.24) is 0 Å². The van der Waals surface area contributed by atoms with Gasteiger partial charge in [0.15, 0.2) is 0 Å². The number of hydrogen-bond donors (Lipinski definition) is 1. The van der Waals surface area contributed by atoms with Gasteiger partial charge < -0.3 is 4.74 Å². The summed E-state index contributed by atoms with van der Waals surface area (Å²) in [6, 6.07) is 6.48. The van der Waals surface area contributed by atoms with Crippen LogP contribution in [0.3, 0.4) is 0 Å². The Bertz CT molecular complexity index is 489. The van der Waals surface area contributed by atoms with Gasteiger partial charge in [0, 0.05) is 0 Å². The zero-order valence-corrected chi connectivity index (χ0v) is 10.4. The summed E-state index contributed by atoms with van der Waals surface area (Å²) in [6.07, 6.45) is 0.976. The summed E-state index contributed by atoms with van der Waals surface area (Å²) in [4.78, 5) is 10.8. The lowest BCUT2D eigenvalue weighted by atomic mass is 9.99. The fraction of sp³-hybridized carbons (Fsp3) is 0.364. The number of hydrogen-bond acceptors (Lipinski definition) is 4. The van der Waals surface area contributed by atoms with Crippen LogP contribution in [0.4, 0.5) is 4.79 Å². The molecule has 1 aromatic rings. The van der Waals surface area contributed by atoms with Gasteiger partial charge in [-0.05, 0) is 30.0 Å². The van der Waals surface area contributed by atoms with E-state index < -0.39 is 15.4 Å². The van der Waals surface area contributed by atoms with Crippen LogP contribution in [-0.4, -0.2) is 18.3 Å². The van der Waals surface area contributed by atoms with Gasteiger partial charge in [-0.3, -0.25) is 4.55 Å². The fourth-order valence-electron chi connectivity index (χ4n) is 1.25. The molecule has 1 aromatic carbocycles. The Hall–Kier alpha value is -1.40. The van der Waals surface area contributed by atoms with Gasteiger partial charge in [-0.2, -0.15) is 8.42 Å². The maximum Gasteiger partial charge on any atom is 0.457 e. The first-order valence-corrected chi connectivity index (χ1v) is 6.58. The van der Waals surface area contributed by atoms with Crippen LogP contribution in [0.2, 0.25) is 0 Å². The number of carbonyl (C=O) groups is 1. The van der Waals surface area contributed by atoms with Crippen LogP contribution in [0.25, 0.3) is 0 Å². The Balaban J connectivity index is 2.79. The Morgan fingerprint density at radius 2 is 1.88 bits per heavy atom. The van der Waals surface area contributed by atoms with Gasteiger partial charge in [-0.15, -0.1) is 0 Å². The van der Waals surface area contributed by atoms with E-state index in [2.05, 4.69) is 18.6 Å². The third kappa shape index (κ3) is 3.83. The van der Waals surface area contributed by atoms with Crippen LogP contribution in [0.5, 0.6) is 5.75 Å². The average molecular weight is 258 g/mol. The third-order valence-corrected chi connectivity index (χ3v) is 2.98. The van der Waals surface area contributed by atoms with E-state index in [0.717, 1.165) is 12.0 Å². The molecule has 1 unspecified atom stereocenters. The fourth-order valence-corrected chi connectivity index (χ4v) is 1.45. The minimum absolute atomic E-state index is 0.0830. The number of benzene rings is 1. The minimum atomic E-state index is -4.79. The first kappa shape index (κ1) is 13.7. The summed E-state index contributed by atoms with van der Waals surface area (Å²) in [6.45, 7) is 4.11. The molecule has 17 heavy (non-hydrogen) atoms. The molecule has 0 radical (unpaired) electrons. The lowest BCUT2D eigenvalue weighted by molar-refractivity contribution is 0.221. The Morgan fingerprint density at radius 1 is 1.35 bits per heavy atom. The highest BCUT2D eigenvalue weighted by Crippen LogP contribution is 2.21. The van der Waals surface area contributed by atoms with Gasteiger partial charge in [-0.25, -0.2) is 4.79 Å². The summed E-state index contributed by atoms with van der Waals surface area (Å²) >= 11 is 0. The first-order chi connectivity index (χ1) is 7.84. The Kier molecular flexibility index (Phi) is 4.25. The summed E-state index contributed by atoms with van der Waals surface area (Å²) in [5, 5.41) is -1.67. The SMILES string of the molecule is CCC(C)c1ccc(OC(=O)S(=O)(=O)O)cc1. The highest BCUT2D eigenvalue weighted by molar-refractivity contribution is 8.00. The molecule has 1 atom stereocenters. The molecule has 0 saturated carbocycles. The van der Waals surface area contributed by atoms with Crippen molar-refractivity contribution in [2.75, 3.05) is 0 Å². The van der Waals surface area contributed by atoms with E-state index in [1.807, 2.05) is 0 Å². The van der Waals surface area contributed by atoms with Gasteiger partial charge in [0.05, 0.1) is 0 Å². The largest absolute Gasteiger partial charge is 0.457 e. The monoisotopic (exact) mass is 258 g/mol. The van der Waals surface area contributed by atoms with Gasteiger partial charge in [0.2, 0.25) is 0 Å². The molecule has 5 nitrogen and oxygen atoms in total. The maximum absolute atomic E-state index is 10.8. The molecular formula is C11H14O5S. The van der Waals surface area contributed by atoms with Crippen LogP contribution in [0, 0.1) is 0 Å². The van der Waals surface area contributed by atoms with Crippen molar-refractivity contribution < 1.29 is 22.5 Å². The van der Waals surface area contributed by atoms with E-state index in [0.29, 0.717) is 5.92 Å². The zero-order valence-electron chi connectivity index (χ0n) is 9.58. The van der Waals surface area contributed by atoms with Crippen molar-refractivity contribution in [1.29, 1.82) is 0 Å². The third-order valence-electron chi connectivity index (χ3n) is 2.47. The van der Waals surface area contributed by atoms with E-state index >= 15 is 0 Å². The van der Waals surface area contributed by atoms with Crippen LogP contribution >= 0.6 is 0 Å². The average Bonchev–Trinajstić information content (AvgIpc) is 2.27. The van der Waals surface area contributed by atoms with Crippen molar-refractivity contribution >= 4 is 15.4 Å². The first-order valence-electron chi connectivity index (χ1n) is 5.14. The summed E-state index contributed by atoms with van der Waals surface area (Å²) in [5.74, 6) is 0.459. The van der Waals surface area contributed by atoms with Crippen molar-refractivity contribution in [3.05, 3.63) is 29.8 Å². The molecular weight excluding hydrogens is 244 g/mol. The predicted octanol–water partition coefficient (Wildman–Crippen LogP) is 2.59. The highest BCUT2D eigenvalue weighted by Gasteiger charge is 2.21. The van der Waals surface area contributed by atoms with Crippen LogP contribution in [0.1, 0.15) is 31.7 Å². The Morgan fingerprint density at radius 3 is 2.29 bits per heavy atom. The van der Waals surface area contributed by atoms with Gasteiger partial charge in [0.25, 0.3) is 0 Å². The van der Waals surface area contributed by atoms with E-state index in [1.54, 1.807) is 12.1 Å². The molecule has 0 aliphatic carbocycles. The second kappa shape index (κ2) is 5.29. The zero-order chi connectivity index (χ0) is 13.1. The predicted molar refractivity (Wildman–Crippen MR) is 62.7 cm³/mol. The standard InChI is InChI=1S/C11H14O5S/c1-3-8(2)9-4-6-10(7-5-9)16-11(12)17(13,14)15/h4-8H,3H2,1-2H3,(H,13,14,15). The van der Waals surface area contributed by atoms with Crippen molar-refractivity contribution in [2.24, 2.45) is 0 Å². The van der Waals surface area contributed by atoms with Crippen molar-refractivity contribution in [3.8, 4) is 5.75 Å². The molecule has 0 saturated heterocycles. The van der Waals surface area contributed by atoms with Crippen molar-refractivity contribution in [2.45, 2.75) is 26.2 Å². The molecule has 6 heteroatoms. The second-order valence-electron chi connectivity index (χ2n) is 3.71. The molecule has 1 rings (SSSR count). The summed E-state index contributed by atoms with van der Waals surface area (Å²) < 4.78 is 33.8. The number of ether oxygens (including phenoxy) is 1. The number of rotatable bonds is 3. The Labute approximate surface area is 100 Å². The lowest BCUT2D eigenvalue weighted by Crippen LogP contribution is -2.17. The van der Waals surface area contributed by atoms with E-state index in [4.69, 9.17) is 4.55 Å². The maximum atomic E-state index is 10.8. The number of carbonyl (C=O) groups excluding carboxylic acids is 1. The quantitative estimate of drug-likeness (QED) is 0.665. The molecule has 0 amide bonds. The van der Waals surface area contributed by atoms with Gasteiger partial charge in [0.1, 0.15) is 5.75 Å². The smallest absolute Gasteiger partial charge is 0.413 e. The normalized spacial score (nSPS) is 13.1. The van der Waals surface area contributed by atoms with E-state index in [-0.39, 0.29) is 5.75 Å². The second-order valence-corrected chi connectivity index (χ2v) is 4.99. The molecule has 0 heterocycles. The lowest BCUT2D eigenvalue weighted by Gasteiger charge is -2.09.